The van der Waals surface area contributed by atoms with Crippen LogP contribution in [0.3, 0.4) is 0 Å². The second kappa shape index (κ2) is 6.15. The first kappa shape index (κ1) is 16.1. The van der Waals surface area contributed by atoms with Crippen molar-refractivity contribution in [2.24, 2.45) is 0 Å². The third kappa shape index (κ3) is 2.68. The second-order valence-corrected chi connectivity index (χ2v) is 6.82. The fraction of sp³-hybridized carbons (Fsp3) is 0.500. The molecule has 4 rings (SSSR count). The van der Waals surface area contributed by atoms with E-state index in [1.165, 1.54) is 0 Å². The molecule has 7 nitrogen and oxygen atoms in total. The molecule has 7 heteroatoms. The predicted molar refractivity (Wildman–Crippen MR) is 88.7 cm³/mol. The zero-order chi connectivity index (χ0) is 17.4. The van der Waals surface area contributed by atoms with Crippen molar-refractivity contribution in [1.29, 1.82) is 0 Å². The first-order valence-electron chi connectivity index (χ1n) is 8.71. The van der Waals surface area contributed by atoms with Gasteiger partial charge in [-0.3, -0.25) is 14.5 Å². The molecule has 2 fully saturated rings. The third-order valence-corrected chi connectivity index (χ3v) is 5.27. The molecule has 0 aromatic heterocycles. The lowest BCUT2D eigenvalue weighted by Crippen LogP contribution is -2.44. The minimum absolute atomic E-state index is 0.0279. The van der Waals surface area contributed by atoms with Crippen molar-refractivity contribution in [1.82, 2.24) is 15.5 Å². The number of fused-ring (bicyclic) bond motifs is 2. The number of hydrogen-bond donors (Lipinski definition) is 2. The number of ether oxygens (including phenoxy) is 1. The SMILES string of the molecule is O=C(CN1C(=O)N[C@]2(CCc3ccccc32)C1=O)NC[C@H]1CCCO1. The predicted octanol–water partition coefficient (Wildman–Crippen LogP) is 0.675. The van der Waals surface area contributed by atoms with Crippen molar-refractivity contribution < 1.29 is 19.1 Å². The molecule has 1 aromatic carbocycles. The topological polar surface area (TPSA) is 87.7 Å². The highest BCUT2D eigenvalue weighted by molar-refractivity contribution is 6.09. The average Bonchev–Trinajstić information content (AvgIpc) is 3.31. The Kier molecular flexibility index (Phi) is 3.95. The molecule has 1 aliphatic carbocycles. The Labute approximate surface area is 145 Å². The van der Waals surface area contributed by atoms with Gasteiger partial charge in [-0.15, -0.1) is 0 Å². The highest BCUT2D eigenvalue weighted by Gasteiger charge is 2.55. The number of carbonyl (C=O) groups is 3. The van der Waals surface area contributed by atoms with E-state index in [0.717, 1.165) is 41.9 Å². The van der Waals surface area contributed by atoms with Crippen molar-refractivity contribution in [3.05, 3.63) is 35.4 Å². The Balaban J connectivity index is 1.44. The molecule has 0 radical (unpaired) electrons. The molecular formula is C18H21N3O4. The standard InChI is InChI=1S/C18H21N3O4/c22-15(19-10-13-5-3-9-25-13)11-21-16(23)18(20-17(21)24)8-7-12-4-1-2-6-14(12)18/h1-2,4,6,13H,3,5,7-11H2,(H,19,22)(H,20,24)/t13-,18+/m1/s1. The van der Waals surface area contributed by atoms with Crippen molar-refractivity contribution >= 4 is 17.8 Å². The maximum absolute atomic E-state index is 12.9. The molecule has 2 heterocycles. The van der Waals surface area contributed by atoms with E-state index in [1.54, 1.807) is 0 Å². The van der Waals surface area contributed by atoms with Gasteiger partial charge in [-0.2, -0.15) is 0 Å². The molecular weight excluding hydrogens is 322 g/mol. The fourth-order valence-electron chi connectivity index (χ4n) is 3.97. The summed E-state index contributed by atoms with van der Waals surface area (Å²) in [6.45, 7) is 0.868. The van der Waals surface area contributed by atoms with Gasteiger partial charge in [0.25, 0.3) is 5.91 Å². The van der Waals surface area contributed by atoms with Crippen LogP contribution in [0, 0.1) is 0 Å². The Hall–Kier alpha value is -2.41. The molecule has 25 heavy (non-hydrogen) atoms. The highest BCUT2D eigenvalue weighted by atomic mass is 16.5. The van der Waals surface area contributed by atoms with Gasteiger partial charge in [0.05, 0.1) is 6.10 Å². The molecule has 4 amide bonds. The summed E-state index contributed by atoms with van der Waals surface area (Å²) in [5, 5.41) is 5.57. The van der Waals surface area contributed by atoms with Gasteiger partial charge in [0.2, 0.25) is 5.91 Å². The molecule has 2 N–H and O–H groups in total. The Morgan fingerprint density at radius 1 is 1.36 bits per heavy atom. The number of imide groups is 1. The van der Waals surface area contributed by atoms with Crippen LogP contribution in [0.2, 0.25) is 0 Å². The number of carbonyl (C=O) groups excluding carboxylic acids is 3. The lowest BCUT2D eigenvalue weighted by molar-refractivity contribution is -0.135. The van der Waals surface area contributed by atoms with Crippen LogP contribution in [0.25, 0.3) is 0 Å². The van der Waals surface area contributed by atoms with Gasteiger partial charge in [0.1, 0.15) is 12.1 Å². The van der Waals surface area contributed by atoms with Crippen LogP contribution in [-0.2, 0) is 26.3 Å². The summed E-state index contributed by atoms with van der Waals surface area (Å²) >= 11 is 0. The van der Waals surface area contributed by atoms with E-state index >= 15 is 0 Å². The number of rotatable bonds is 4. The zero-order valence-corrected chi connectivity index (χ0v) is 13.9. The van der Waals surface area contributed by atoms with Gasteiger partial charge in [-0.25, -0.2) is 4.79 Å². The summed E-state index contributed by atoms with van der Waals surface area (Å²) in [7, 11) is 0. The monoisotopic (exact) mass is 343 g/mol. The van der Waals surface area contributed by atoms with Gasteiger partial charge in [-0.1, -0.05) is 24.3 Å². The van der Waals surface area contributed by atoms with Crippen LogP contribution in [0.15, 0.2) is 24.3 Å². The van der Waals surface area contributed by atoms with Crippen LogP contribution in [0.4, 0.5) is 4.79 Å². The summed E-state index contributed by atoms with van der Waals surface area (Å²) in [5.41, 5.74) is 0.902. The third-order valence-electron chi connectivity index (χ3n) is 5.27. The van der Waals surface area contributed by atoms with Crippen LogP contribution in [0.5, 0.6) is 0 Å². The number of nitrogens with zero attached hydrogens (tertiary/aromatic N) is 1. The molecule has 0 bridgehead atoms. The lowest BCUT2D eigenvalue weighted by atomic mass is 9.92. The van der Waals surface area contributed by atoms with E-state index < -0.39 is 11.6 Å². The average molecular weight is 343 g/mol. The molecule has 1 aromatic rings. The molecule has 132 valence electrons. The lowest BCUT2D eigenvalue weighted by Gasteiger charge is -2.22. The minimum Gasteiger partial charge on any atom is -0.376 e. The summed E-state index contributed by atoms with van der Waals surface area (Å²) in [6, 6.07) is 7.13. The van der Waals surface area contributed by atoms with Gasteiger partial charge in [0, 0.05) is 13.2 Å². The maximum atomic E-state index is 12.9. The van der Waals surface area contributed by atoms with E-state index in [0.29, 0.717) is 13.0 Å². The van der Waals surface area contributed by atoms with E-state index in [-0.39, 0.29) is 24.5 Å². The van der Waals surface area contributed by atoms with Crippen LogP contribution in [0.1, 0.15) is 30.4 Å². The molecule has 3 aliphatic rings. The zero-order valence-electron chi connectivity index (χ0n) is 13.9. The van der Waals surface area contributed by atoms with Crippen molar-refractivity contribution in [2.75, 3.05) is 19.7 Å². The van der Waals surface area contributed by atoms with E-state index in [9.17, 15) is 14.4 Å². The van der Waals surface area contributed by atoms with Gasteiger partial charge in [0.15, 0.2) is 0 Å². The molecule has 0 unspecified atom stereocenters. The van der Waals surface area contributed by atoms with Crippen molar-refractivity contribution in [3.63, 3.8) is 0 Å². The number of amides is 4. The number of hydrogen-bond acceptors (Lipinski definition) is 4. The smallest absolute Gasteiger partial charge is 0.325 e. The first-order chi connectivity index (χ1) is 12.1. The van der Waals surface area contributed by atoms with Crippen LogP contribution >= 0.6 is 0 Å². The summed E-state index contributed by atoms with van der Waals surface area (Å²) in [6.07, 6.45) is 3.21. The molecule has 1 spiro atoms. The Morgan fingerprint density at radius 3 is 3.00 bits per heavy atom. The highest BCUT2D eigenvalue weighted by Crippen LogP contribution is 2.41. The van der Waals surface area contributed by atoms with E-state index in [2.05, 4.69) is 10.6 Å². The molecule has 2 atom stereocenters. The second-order valence-electron chi connectivity index (χ2n) is 6.82. The Morgan fingerprint density at radius 2 is 2.20 bits per heavy atom. The van der Waals surface area contributed by atoms with E-state index in [1.807, 2.05) is 24.3 Å². The first-order valence-corrected chi connectivity index (χ1v) is 8.71. The van der Waals surface area contributed by atoms with Gasteiger partial charge >= 0.3 is 6.03 Å². The fourth-order valence-corrected chi connectivity index (χ4v) is 3.97. The summed E-state index contributed by atoms with van der Waals surface area (Å²) in [4.78, 5) is 38.5. The summed E-state index contributed by atoms with van der Waals surface area (Å²) < 4.78 is 5.46. The maximum Gasteiger partial charge on any atom is 0.325 e. The van der Waals surface area contributed by atoms with Gasteiger partial charge in [-0.05, 0) is 36.8 Å². The van der Waals surface area contributed by atoms with Crippen LogP contribution < -0.4 is 10.6 Å². The quantitative estimate of drug-likeness (QED) is 0.787. The minimum atomic E-state index is -1.01. The number of aryl methyl sites for hydroxylation is 1. The molecule has 2 aliphatic heterocycles. The molecule has 2 saturated heterocycles. The Bertz CT molecular complexity index is 729. The number of urea groups is 1. The normalized spacial score (nSPS) is 27.7. The van der Waals surface area contributed by atoms with E-state index in [4.69, 9.17) is 4.74 Å². The largest absolute Gasteiger partial charge is 0.376 e. The van der Waals surface area contributed by atoms with Gasteiger partial charge < -0.3 is 15.4 Å². The van der Waals surface area contributed by atoms with Crippen molar-refractivity contribution in [2.45, 2.75) is 37.3 Å². The summed E-state index contributed by atoms with van der Waals surface area (Å²) in [5.74, 6) is -0.683. The van der Waals surface area contributed by atoms with Crippen LogP contribution in [-0.4, -0.2) is 48.5 Å². The number of benzene rings is 1. The van der Waals surface area contributed by atoms with Crippen molar-refractivity contribution in [3.8, 4) is 0 Å². The molecule has 0 saturated carbocycles. The number of nitrogens with one attached hydrogen (secondary N) is 2.